The number of pyridine rings is 1. The minimum absolute atomic E-state index is 0.00908. The zero-order valence-corrected chi connectivity index (χ0v) is 21.5. The minimum atomic E-state index is -4.96. The maximum absolute atomic E-state index is 15.2. The maximum atomic E-state index is 15.2. The normalized spacial score (nSPS) is 18.4. The molecule has 0 radical (unpaired) electrons. The molecule has 1 saturated heterocycles. The second kappa shape index (κ2) is 10.8. The number of anilines is 1. The summed E-state index contributed by atoms with van der Waals surface area (Å²) in [6, 6.07) is 6.41. The lowest BCUT2D eigenvalue weighted by molar-refractivity contribution is -0.274. The number of cyclic esters (lactones) is 1. The number of carbonyl (C=O) groups is 3. The molecular weight excluding hydrogens is 573 g/mol. The molecule has 10 nitrogen and oxygen atoms in total. The number of aromatic nitrogens is 1. The number of methoxy groups -OCH3 is 1. The van der Waals surface area contributed by atoms with Crippen LogP contribution in [0.3, 0.4) is 0 Å². The van der Waals surface area contributed by atoms with E-state index in [1.807, 2.05) is 0 Å². The van der Waals surface area contributed by atoms with Crippen LogP contribution in [0.25, 0.3) is 0 Å². The van der Waals surface area contributed by atoms with Crippen LogP contribution in [0.15, 0.2) is 53.3 Å². The van der Waals surface area contributed by atoms with Crippen LogP contribution in [0.2, 0.25) is 0 Å². The number of halogens is 5. The summed E-state index contributed by atoms with van der Waals surface area (Å²) >= 11 is 0. The molecule has 3 aromatic rings. The molecule has 1 N–H and O–H groups in total. The number of hydrogen-bond acceptors (Lipinski definition) is 7. The molecule has 0 saturated carbocycles. The van der Waals surface area contributed by atoms with Gasteiger partial charge in [0.25, 0.3) is 11.5 Å². The first-order valence-corrected chi connectivity index (χ1v) is 12.3. The van der Waals surface area contributed by atoms with E-state index in [-0.39, 0.29) is 35.8 Å². The topological polar surface area (TPSA) is 116 Å². The summed E-state index contributed by atoms with van der Waals surface area (Å²) in [5, 5.41) is 2.39. The van der Waals surface area contributed by atoms with Gasteiger partial charge in [-0.05, 0) is 36.4 Å². The molecule has 2 atom stereocenters. The van der Waals surface area contributed by atoms with Crippen molar-refractivity contribution < 1.29 is 50.5 Å². The zero-order valence-electron chi connectivity index (χ0n) is 21.5. The highest BCUT2D eigenvalue weighted by Crippen LogP contribution is 2.36. The molecule has 0 bridgehead atoms. The van der Waals surface area contributed by atoms with E-state index in [1.54, 1.807) is 0 Å². The second-order valence-corrected chi connectivity index (χ2v) is 9.28. The Hall–Kier alpha value is -4.95. The fourth-order valence-electron chi connectivity index (χ4n) is 4.91. The van der Waals surface area contributed by atoms with Crippen LogP contribution in [0, 0.1) is 11.6 Å². The second-order valence-electron chi connectivity index (χ2n) is 9.28. The van der Waals surface area contributed by atoms with Gasteiger partial charge in [-0.25, -0.2) is 13.6 Å². The third-order valence-electron chi connectivity index (χ3n) is 6.81. The largest absolute Gasteiger partial charge is 0.573 e. The standard InChI is InChI=1S/C27H20F5N3O7/c1-40-15-10-17(28)21(18(29)11-15)16-12-35(19-6-7-20-26(39)41-9-8-34(20)24(19)37)25(38)22(16)33-23(36)13-2-4-14(5-3-13)42-27(30,31)32/h2-7,10-11,16,22H,8-9,12H2,1H3,(H,33,36)/t16-,22-/m0/s1. The Morgan fingerprint density at radius 1 is 1.00 bits per heavy atom. The summed E-state index contributed by atoms with van der Waals surface area (Å²) in [6.07, 6.45) is -4.96. The quantitative estimate of drug-likeness (QED) is 0.345. The molecule has 2 aliphatic heterocycles. The summed E-state index contributed by atoms with van der Waals surface area (Å²) in [6.45, 7) is -0.518. The SMILES string of the molecule is COc1cc(F)c([C@@H]2CN(c3ccc4n(c3=O)CCOC4=O)C(=O)[C@H]2NC(=O)c2ccc(OC(F)(F)F)cc2)c(F)c1. The minimum Gasteiger partial charge on any atom is -0.497 e. The number of rotatable bonds is 6. The van der Waals surface area contributed by atoms with E-state index in [0.29, 0.717) is 0 Å². The van der Waals surface area contributed by atoms with Crippen molar-refractivity contribution in [2.75, 3.05) is 25.2 Å². The van der Waals surface area contributed by atoms with E-state index >= 15 is 8.78 Å². The maximum Gasteiger partial charge on any atom is 0.573 e. The highest BCUT2D eigenvalue weighted by Gasteiger charge is 2.46. The highest BCUT2D eigenvalue weighted by atomic mass is 19.4. The van der Waals surface area contributed by atoms with Gasteiger partial charge >= 0.3 is 12.3 Å². The van der Waals surface area contributed by atoms with Crippen LogP contribution in [0.4, 0.5) is 27.6 Å². The molecule has 0 aliphatic carbocycles. The number of nitrogens with zero attached hydrogens (tertiary/aromatic N) is 2. The number of benzene rings is 2. The van der Waals surface area contributed by atoms with Crippen LogP contribution in [-0.4, -0.2) is 55.0 Å². The van der Waals surface area contributed by atoms with Gasteiger partial charge in [-0.2, -0.15) is 0 Å². The van der Waals surface area contributed by atoms with E-state index in [9.17, 15) is 32.3 Å². The summed E-state index contributed by atoms with van der Waals surface area (Å²) in [7, 11) is 1.20. The molecule has 1 aromatic heterocycles. The molecule has 2 amide bonds. The van der Waals surface area contributed by atoms with Crippen molar-refractivity contribution in [1.29, 1.82) is 0 Å². The molecule has 0 spiro atoms. The molecule has 2 aliphatic rings. The number of ether oxygens (including phenoxy) is 3. The smallest absolute Gasteiger partial charge is 0.497 e. The van der Waals surface area contributed by atoms with Crippen LogP contribution < -0.4 is 25.2 Å². The van der Waals surface area contributed by atoms with Crippen molar-refractivity contribution >= 4 is 23.5 Å². The molecule has 3 heterocycles. The number of alkyl halides is 3. The van der Waals surface area contributed by atoms with Gasteiger partial charge in [-0.15, -0.1) is 13.2 Å². The van der Waals surface area contributed by atoms with E-state index < -0.39 is 71.2 Å². The van der Waals surface area contributed by atoms with Crippen molar-refractivity contribution in [2.24, 2.45) is 0 Å². The summed E-state index contributed by atoms with van der Waals surface area (Å²) in [5.41, 5.74) is -1.74. The van der Waals surface area contributed by atoms with Gasteiger partial charge in [0.2, 0.25) is 5.91 Å². The Balaban J connectivity index is 1.51. The summed E-state index contributed by atoms with van der Waals surface area (Å²) < 4.78 is 82.5. The third kappa shape index (κ3) is 5.36. The fourth-order valence-corrected chi connectivity index (χ4v) is 4.91. The number of nitrogens with one attached hydrogen (secondary N) is 1. The lowest BCUT2D eigenvalue weighted by atomic mass is 9.92. The molecule has 5 rings (SSSR count). The Labute approximate surface area is 233 Å². The van der Waals surface area contributed by atoms with E-state index in [0.717, 1.165) is 45.9 Å². The van der Waals surface area contributed by atoms with Gasteiger partial charge in [0, 0.05) is 35.7 Å². The third-order valence-corrected chi connectivity index (χ3v) is 6.81. The van der Waals surface area contributed by atoms with Crippen LogP contribution >= 0.6 is 0 Å². The van der Waals surface area contributed by atoms with Crippen molar-refractivity contribution in [1.82, 2.24) is 9.88 Å². The molecule has 15 heteroatoms. The van der Waals surface area contributed by atoms with Crippen molar-refractivity contribution in [3.63, 3.8) is 0 Å². The van der Waals surface area contributed by atoms with Crippen molar-refractivity contribution in [3.8, 4) is 11.5 Å². The Bertz CT molecular complexity index is 1620. The fraction of sp³-hybridized carbons (Fsp3) is 0.259. The average Bonchev–Trinajstić information content (AvgIpc) is 3.23. The molecule has 1 fully saturated rings. The number of fused-ring (bicyclic) bond motifs is 1. The van der Waals surface area contributed by atoms with E-state index in [4.69, 9.17) is 9.47 Å². The number of carbonyl (C=O) groups excluding carboxylic acids is 3. The van der Waals surface area contributed by atoms with E-state index in [1.165, 1.54) is 19.2 Å². The van der Waals surface area contributed by atoms with Crippen LogP contribution in [0.1, 0.15) is 32.3 Å². The Morgan fingerprint density at radius 3 is 2.29 bits per heavy atom. The monoisotopic (exact) mass is 593 g/mol. The van der Waals surface area contributed by atoms with Gasteiger partial charge in [0.1, 0.15) is 47.2 Å². The molecule has 2 aromatic carbocycles. The lowest BCUT2D eigenvalue weighted by Crippen LogP contribution is -2.45. The van der Waals surface area contributed by atoms with Crippen molar-refractivity contribution in [3.05, 3.63) is 87.3 Å². The lowest BCUT2D eigenvalue weighted by Gasteiger charge is -2.22. The first-order chi connectivity index (χ1) is 19.9. The Morgan fingerprint density at radius 2 is 1.67 bits per heavy atom. The number of esters is 1. The van der Waals surface area contributed by atoms with Crippen molar-refractivity contribution in [2.45, 2.75) is 24.9 Å². The average molecular weight is 593 g/mol. The predicted octanol–water partition coefficient (Wildman–Crippen LogP) is 3.13. The molecule has 42 heavy (non-hydrogen) atoms. The molecule has 220 valence electrons. The van der Waals surface area contributed by atoms with Crippen LogP contribution in [0.5, 0.6) is 11.5 Å². The summed E-state index contributed by atoms with van der Waals surface area (Å²) in [5.74, 6) is -6.83. The molecule has 0 unspecified atom stereocenters. The van der Waals surface area contributed by atoms with Gasteiger partial charge in [0.15, 0.2) is 0 Å². The highest BCUT2D eigenvalue weighted by molar-refractivity contribution is 6.05. The van der Waals surface area contributed by atoms with Gasteiger partial charge < -0.3 is 24.4 Å². The summed E-state index contributed by atoms with van der Waals surface area (Å²) in [4.78, 5) is 52.9. The van der Waals surface area contributed by atoms with Crippen LogP contribution in [-0.2, 0) is 16.1 Å². The number of amides is 2. The molecular formula is C27H20F5N3O7. The first kappa shape index (κ1) is 28.6. The zero-order chi connectivity index (χ0) is 30.3. The van der Waals surface area contributed by atoms with Gasteiger partial charge in [-0.1, -0.05) is 0 Å². The van der Waals surface area contributed by atoms with E-state index in [2.05, 4.69) is 10.1 Å². The first-order valence-electron chi connectivity index (χ1n) is 12.3. The number of hydrogen-bond donors (Lipinski definition) is 1. The Kier molecular flexibility index (Phi) is 7.34. The predicted molar refractivity (Wildman–Crippen MR) is 133 cm³/mol. The van der Waals surface area contributed by atoms with Gasteiger partial charge in [-0.3, -0.25) is 19.0 Å². The van der Waals surface area contributed by atoms with Gasteiger partial charge in [0.05, 0.1) is 13.7 Å².